The van der Waals surface area contributed by atoms with Crippen LogP contribution in [0.4, 0.5) is 0 Å². The van der Waals surface area contributed by atoms with E-state index in [1.165, 1.54) is 32.1 Å². The highest BCUT2D eigenvalue weighted by Gasteiger charge is 2.22. The van der Waals surface area contributed by atoms with Crippen LogP contribution in [0.25, 0.3) is 0 Å². The van der Waals surface area contributed by atoms with Gasteiger partial charge in [0.2, 0.25) is 0 Å². The third-order valence-electron chi connectivity index (χ3n) is 3.54. The van der Waals surface area contributed by atoms with Gasteiger partial charge in [-0.3, -0.25) is 4.57 Å². The lowest BCUT2D eigenvalue weighted by Gasteiger charge is -2.30. The third-order valence-corrected chi connectivity index (χ3v) is 3.91. The SMILES string of the molecule is CCC(CC)(CC)CCCCO[PH2]=O. The molecule has 86 valence electrons. The second kappa shape index (κ2) is 8.49. The van der Waals surface area contributed by atoms with Gasteiger partial charge in [-0.05, 0) is 18.3 Å². The molecule has 3 heteroatoms. The van der Waals surface area contributed by atoms with Gasteiger partial charge in [-0.25, -0.2) is 0 Å². The lowest BCUT2D eigenvalue weighted by Crippen LogP contribution is -2.17. The fourth-order valence-corrected chi connectivity index (χ4v) is 2.28. The van der Waals surface area contributed by atoms with E-state index >= 15 is 0 Å². The molecule has 0 saturated carbocycles. The van der Waals surface area contributed by atoms with Gasteiger partial charge in [-0.1, -0.05) is 46.5 Å². The molecule has 0 bridgehead atoms. The van der Waals surface area contributed by atoms with E-state index in [2.05, 4.69) is 20.8 Å². The Morgan fingerprint density at radius 3 is 2.07 bits per heavy atom. The van der Waals surface area contributed by atoms with Crippen LogP contribution in [0, 0.1) is 5.41 Å². The third kappa shape index (κ3) is 5.17. The predicted molar refractivity (Wildman–Crippen MR) is 63.5 cm³/mol. The molecule has 0 amide bonds. The second-order valence-corrected chi connectivity index (χ2v) is 4.51. The summed E-state index contributed by atoms with van der Waals surface area (Å²) in [5.41, 5.74) is 0.546. The standard InChI is InChI=1S/C11H25O2P/c1-4-11(5-2,6-3)9-7-8-10-13-14-12/h4-10,14H2,1-3H3. The summed E-state index contributed by atoms with van der Waals surface area (Å²) in [6.45, 7) is 7.52. The Morgan fingerprint density at radius 1 is 1.07 bits per heavy atom. The number of hydrogen-bond donors (Lipinski definition) is 0. The molecule has 0 aliphatic carbocycles. The molecule has 0 aromatic carbocycles. The van der Waals surface area contributed by atoms with Crippen molar-refractivity contribution < 1.29 is 9.09 Å². The van der Waals surface area contributed by atoms with Crippen LogP contribution in [-0.2, 0) is 9.09 Å². The van der Waals surface area contributed by atoms with Gasteiger partial charge in [0.25, 0.3) is 0 Å². The lowest BCUT2D eigenvalue weighted by atomic mass is 9.76. The molecule has 0 aromatic heterocycles. The summed E-state index contributed by atoms with van der Waals surface area (Å²) in [5.74, 6) is 0. The molecule has 0 spiro atoms. The molecule has 1 atom stereocenters. The van der Waals surface area contributed by atoms with E-state index in [4.69, 9.17) is 4.52 Å². The summed E-state index contributed by atoms with van der Waals surface area (Å²) in [7, 11) is -1.00. The Morgan fingerprint density at radius 2 is 1.64 bits per heavy atom. The van der Waals surface area contributed by atoms with Crippen LogP contribution in [0.2, 0.25) is 0 Å². The molecule has 0 heterocycles. The van der Waals surface area contributed by atoms with Crippen molar-refractivity contribution in [1.82, 2.24) is 0 Å². The molecule has 0 saturated heterocycles. The van der Waals surface area contributed by atoms with E-state index in [0.29, 0.717) is 12.0 Å². The highest BCUT2D eigenvalue weighted by Crippen LogP contribution is 2.35. The number of unbranched alkanes of at least 4 members (excludes halogenated alkanes) is 1. The molecule has 2 nitrogen and oxygen atoms in total. The van der Waals surface area contributed by atoms with Crippen LogP contribution in [0.3, 0.4) is 0 Å². The highest BCUT2D eigenvalue weighted by molar-refractivity contribution is 7.17. The lowest BCUT2D eigenvalue weighted by molar-refractivity contribution is 0.213. The van der Waals surface area contributed by atoms with Crippen molar-refractivity contribution in [2.45, 2.75) is 59.3 Å². The van der Waals surface area contributed by atoms with Gasteiger partial charge >= 0.3 is 0 Å². The minimum absolute atomic E-state index is 0.546. The van der Waals surface area contributed by atoms with E-state index in [1.807, 2.05) is 0 Å². The van der Waals surface area contributed by atoms with E-state index in [-0.39, 0.29) is 0 Å². The van der Waals surface area contributed by atoms with Crippen LogP contribution >= 0.6 is 8.69 Å². The first-order valence-corrected chi connectivity index (χ1v) is 6.74. The van der Waals surface area contributed by atoms with Crippen LogP contribution < -0.4 is 0 Å². The maximum Gasteiger partial charge on any atom is 0.179 e. The molecule has 0 N–H and O–H groups in total. The van der Waals surface area contributed by atoms with Crippen molar-refractivity contribution in [2.75, 3.05) is 6.61 Å². The summed E-state index contributed by atoms with van der Waals surface area (Å²) in [6, 6.07) is 0. The van der Waals surface area contributed by atoms with Gasteiger partial charge in [0.1, 0.15) is 0 Å². The molecular weight excluding hydrogens is 195 g/mol. The molecule has 0 aliphatic heterocycles. The van der Waals surface area contributed by atoms with E-state index < -0.39 is 8.69 Å². The molecule has 0 rings (SSSR count). The fraction of sp³-hybridized carbons (Fsp3) is 1.00. The van der Waals surface area contributed by atoms with Crippen LogP contribution in [0.5, 0.6) is 0 Å². The maximum atomic E-state index is 10.1. The maximum absolute atomic E-state index is 10.1. The Hall–Kier alpha value is 0.190. The Bertz CT molecular complexity index is 136. The monoisotopic (exact) mass is 220 g/mol. The topological polar surface area (TPSA) is 26.3 Å². The van der Waals surface area contributed by atoms with Crippen molar-refractivity contribution in [2.24, 2.45) is 5.41 Å². The first-order valence-electron chi connectivity index (χ1n) is 5.80. The van der Waals surface area contributed by atoms with Crippen molar-refractivity contribution in [3.63, 3.8) is 0 Å². The van der Waals surface area contributed by atoms with E-state index in [1.54, 1.807) is 0 Å². The molecule has 14 heavy (non-hydrogen) atoms. The average molecular weight is 220 g/mol. The zero-order chi connectivity index (χ0) is 10.9. The van der Waals surface area contributed by atoms with Crippen LogP contribution in [0.1, 0.15) is 59.3 Å². The Balaban J connectivity index is 3.65. The van der Waals surface area contributed by atoms with Gasteiger partial charge in [-0.2, -0.15) is 0 Å². The molecule has 0 radical (unpaired) electrons. The Labute approximate surface area is 89.7 Å². The van der Waals surface area contributed by atoms with Crippen molar-refractivity contribution in [3.8, 4) is 0 Å². The minimum Gasteiger partial charge on any atom is -0.332 e. The van der Waals surface area contributed by atoms with Gasteiger partial charge < -0.3 is 4.52 Å². The molecular formula is C11H25O2P. The number of rotatable bonds is 9. The van der Waals surface area contributed by atoms with Gasteiger partial charge in [0.05, 0.1) is 6.61 Å². The van der Waals surface area contributed by atoms with Gasteiger partial charge in [0, 0.05) is 0 Å². The first-order chi connectivity index (χ1) is 6.74. The van der Waals surface area contributed by atoms with Gasteiger partial charge in [-0.15, -0.1) is 0 Å². The summed E-state index contributed by atoms with van der Waals surface area (Å²) in [5, 5.41) is 0. The fourth-order valence-electron chi connectivity index (χ4n) is 2.01. The van der Waals surface area contributed by atoms with Crippen LogP contribution in [-0.4, -0.2) is 6.61 Å². The number of hydrogen-bond acceptors (Lipinski definition) is 2. The van der Waals surface area contributed by atoms with E-state index in [9.17, 15) is 4.57 Å². The molecule has 0 aliphatic rings. The average Bonchev–Trinajstić information content (AvgIpc) is 2.24. The van der Waals surface area contributed by atoms with E-state index in [0.717, 1.165) is 6.42 Å². The summed E-state index contributed by atoms with van der Waals surface area (Å²) < 4.78 is 15.0. The van der Waals surface area contributed by atoms with Crippen molar-refractivity contribution >= 4 is 8.69 Å². The second-order valence-electron chi connectivity index (χ2n) is 3.98. The summed E-state index contributed by atoms with van der Waals surface area (Å²) in [6.07, 6.45) is 7.36. The zero-order valence-electron chi connectivity index (χ0n) is 9.84. The molecule has 0 aromatic rings. The minimum atomic E-state index is -1.00. The highest BCUT2D eigenvalue weighted by atomic mass is 31.1. The quantitative estimate of drug-likeness (QED) is 0.432. The normalized spacial score (nSPS) is 12.8. The first kappa shape index (κ1) is 14.2. The predicted octanol–water partition coefficient (Wildman–Crippen LogP) is 4.06. The van der Waals surface area contributed by atoms with Crippen LogP contribution in [0.15, 0.2) is 0 Å². The van der Waals surface area contributed by atoms with Crippen molar-refractivity contribution in [1.29, 1.82) is 0 Å². The zero-order valence-corrected chi connectivity index (χ0v) is 11.0. The molecule has 0 fully saturated rings. The Kier molecular flexibility index (Phi) is 8.61. The van der Waals surface area contributed by atoms with Gasteiger partial charge in [0.15, 0.2) is 8.69 Å². The molecule has 1 unspecified atom stereocenters. The smallest absolute Gasteiger partial charge is 0.179 e. The van der Waals surface area contributed by atoms with Crippen molar-refractivity contribution in [3.05, 3.63) is 0 Å². The summed E-state index contributed by atoms with van der Waals surface area (Å²) >= 11 is 0. The largest absolute Gasteiger partial charge is 0.332 e. The summed E-state index contributed by atoms with van der Waals surface area (Å²) in [4.78, 5) is 0.